The van der Waals surface area contributed by atoms with Gasteiger partial charge in [-0.3, -0.25) is 9.97 Å². The third-order valence-electron chi connectivity index (χ3n) is 6.70. The highest BCUT2D eigenvalue weighted by Gasteiger charge is 2.36. The molecule has 0 amide bonds. The molecule has 0 unspecified atom stereocenters. The number of benzene rings is 1. The fraction of sp³-hybridized carbons (Fsp3) is 0.615. The van der Waals surface area contributed by atoms with Crippen molar-refractivity contribution < 1.29 is 4.74 Å². The molecule has 1 aliphatic rings. The van der Waals surface area contributed by atoms with Crippen LogP contribution in [0.3, 0.4) is 0 Å². The van der Waals surface area contributed by atoms with Gasteiger partial charge in [-0.2, -0.15) is 0 Å². The monoisotopic (exact) mass is 394 g/mol. The van der Waals surface area contributed by atoms with E-state index in [1.807, 2.05) is 19.5 Å². The zero-order valence-electron chi connectivity index (χ0n) is 18.6. The second kappa shape index (κ2) is 10.9. The number of aryl methyl sites for hydroxylation is 1. The van der Waals surface area contributed by atoms with Crippen LogP contribution in [0.4, 0.5) is 0 Å². The van der Waals surface area contributed by atoms with Gasteiger partial charge in [0, 0.05) is 18.9 Å². The largest absolute Gasteiger partial charge is 0.374 e. The molecule has 158 valence electrons. The SMILES string of the molecule is CCCCCCc1cnc(-c2ccc(C3(OC)CCC(CCC)CC3)cc2)cn1. The number of methoxy groups -OCH3 is 1. The summed E-state index contributed by atoms with van der Waals surface area (Å²) in [7, 11) is 1.87. The molecule has 3 heteroatoms. The van der Waals surface area contributed by atoms with Gasteiger partial charge in [0.1, 0.15) is 0 Å². The van der Waals surface area contributed by atoms with Gasteiger partial charge < -0.3 is 4.74 Å². The third kappa shape index (κ3) is 5.66. The number of ether oxygens (including phenoxy) is 1. The molecule has 0 aliphatic heterocycles. The summed E-state index contributed by atoms with van der Waals surface area (Å²) in [6.07, 6.45) is 17.4. The van der Waals surface area contributed by atoms with E-state index >= 15 is 0 Å². The molecule has 3 rings (SSSR count). The maximum atomic E-state index is 6.08. The normalized spacial score (nSPS) is 22.0. The first-order valence-electron chi connectivity index (χ1n) is 11.7. The first-order chi connectivity index (χ1) is 14.2. The van der Waals surface area contributed by atoms with E-state index in [1.54, 1.807) is 0 Å². The molecule has 29 heavy (non-hydrogen) atoms. The molecule has 0 atom stereocenters. The molecule has 1 aromatic carbocycles. The average molecular weight is 395 g/mol. The molecule has 0 N–H and O–H groups in total. The first-order valence-corrected chi connectivity index (χ1v) is 11.7. The van der Waals surface area contributed by atoms with E-state index in [0.717, 1.165) is 42.1 Å². The van der Waals surface area contributed by atoms with E-state index in [-0.39, 0.29) is 5.60 Å². The average Bonchev–Trinajstić information content (AvgIpc) is 2.78. The molecule has 1 saturated carbocycles. The maximum absolute atomic E-state index is 6.08. The summed E-state index contributed by atoms with van der Waals surface area (Å²) < 4.78 is 6.08. The number of aromatic nitrogens is 2. The molecule has 1 aromatic heterocycles. The van der Waals surface area contributed by atoms with Crippen LogP contribution in [0.15, 0.2) is 36.7 Å². The minimum absolute atomic E-state index is 0.114. The molecule has 1 heterocycles. The van der Waals surface area contributed by atoms with E-state index in [4.69, 9.17) is 4.74 Å². The minimum Gasteiger partial charge on any atom is -0.374 e. The van der Waals surface area contributed by atoms with Gasteiger partial charge in [-0.25, -0.2) is 0 Å². The van der Waals surface area contributed by atoms with Crippen molar-refractivity contribution >= 4 is 0 Å². The van der Waals surface area contributed by atoms with Crippen molar-refractivity contribution in [3.63, 3.8) is 0 Å². The molecule has 2 aromatic rings. The van der Waals surface area contributed by atoms with E-state index in [9.17, 15) is 0 Å². The summed E-state index contributed by atoms with van der Waals surface area (Å²) in [6.45, 7) is 4.53. The predicted octanol–water partition coefficient (Wildman–Crippen LogP) is 7.10. The van der Waals surface area contributed by atoms with Crippen molar-refractivity contribution in [2.24, 2.45) is 5.92 Å². The van der Waals surface area contributed by atoms with Crippen molar-refractivity contribution in [2.45, 2.75) is 90.1 Å². The lowest BCUT2D eigenvalue weighted by Crippen LogP contribution is -2.33. The fourth-order valence-corrected chi connectivity index (χ4v) is 4.76. The van der Waals surface area contributed by atoms with Gasteiger partial charge in [0.05, 0.1) is 23.2 Å². The Bertz CT molecular complexity index is 715. The molecule has 0 saturated heterocycles. The van der Waals surface area contributed by atoms with Crippen molar-refractivity contribution in [2.75, 3.05) is 7.11 Å². The molecule has 3 nitrogen and oxygen atoms in total. The Kier molecular flexibility index (Phi) is 8.23. The maximum Gasteiger partial charge on any atom is 0.0927 e. The van der Waals surface area contributed by atoms with Crippen LogP contribution in [0.2, 0.25) is 0 Å². The van der Waals surface area contributed by atoms with E-state index in [2.05, 4.69) is 48.1 Å². The van der Waals surface area contributed by atoms with Crippen LogP contribution in [-0.2, 0) is 16.8 Å². The van der Waals surface area contributed by atoms with Gasteiger partial charge in [-0.1, -0.05) is 70.2 Å². The summed E-state index contributed by atoms with van der Waals surface area (Å²) in [5.41, 5.74) is 4.37. The summed E-state index contributed by atoms with van der Waals surface area (Å²) in [6, 6.07) is 8.83. The predicted molar refractivity (Wildman–Crippen MR) is 121 cm³/mol. The Hall–Kier alpha value is -1.74. The number of hydrogen-bond acceptors (Lipinski definition) is 3. The van der Waals surface area contributed by atoms with Crippen molar-refractivity contribution in [1.82, 2.24) is 9.97 Å². The van der Waals surface area contributed by atoms with Gasteiger partial charge in [0.2, 0.25) is 0 Å². The number of rotatable bonds is 10. The Morgan fingerprint density at radius 3 is 2.28 bits per heavy atom. The zero-order chi connectivity index (χ0) is 20.5. The topological polar surface area (TPSA) is 35.0 Å². The summed E-state index contributed by atoms with van der Waals surface area (Å²) in [5, 5.41) is 0. The van der Waals surface area contributed by atoms with E-state index < -0.39 is 0 Å². The van der Waals surface area contributed by atoms with E-state index in [0.29, 0.717) is 0 Å². The lowest BCUT2D eigenvalue weighted by atomic mass is 9.73. The van der Waals surface area contributed by atoms with Crippen molar-refractivity contribution in [1.29, 1.82) is 0 Å². The third-order valence-corrected chi connectivity index (χ3v) is 6.70. The molecular formula is C26H38N2O. The smallest absolute Gasteiger partial charge is 0.0927 e. The standard InChI is InChI=1S/C26H38N2O/c1-4-6-7-8-10-24-19-28-25(20-27-24)22-11-13-23(14-12-22)26(29-3)17-15-21(9-5-2)16-18-26/h11-14,19-21H,4-10,15-18H2,1-3H3. The lowest BCUT2D eigenvalue weighted by molar-refractivity contribution is -0.0552. The van der Waals surface area contributed by atoms with Gasteiger partial charge in [-0.15, -0.1) is 0 Å². The van der Waals surface area contributed by atoms with Crippen molar-refractivity contribution in [3.8, 4) is 11.3 Å². The fourth-order valence-electron chi connectivity index (χ4n) is 4.76. The first kappa shape index (κ1) is 22.0. The highest BCUT2D eigenvalue weighted by atomic mass is 16.5. The zero-order valence-corrected chi connectivity index (χ0v) is 18.6. The van der Waals surface area contributed by atoms with Crippen molar-refractivity contribution in [3.05, 3.63) is 47.9 Å². The number of nitrogens with zero attached hydrogens (tertiary/aromatic N) is 2. The molecule has 0 spiro atoms. The molecule has 1 aliphatic carbocycles. The van der Waals surface area contributed by atoms with Gasteiger partial charge in [0.25, 0.3) is 0 Å². The van der Waals surface area contributed by atoms with Crippen LogP contribution >= 0.6 is 0 Å². The molecule has 0 radical (unpaired) electrons. The van der Waals surface area contributed by atoms with Gasteiger partial charge in [-0.05, 0) is 50.0 Å². The van der Waals surface area contributed by atoms with Gasteiger partial charge >= 0.3 is 0 Å². The Morgan fingerprint density at radius 1 is 0.931 bits per heavy atom. The van der Waals surface area contributed by atoms with Crippen LogP contribution in [0.1, 0.15) is 89.3 Å². The second-order valence-electron chi connectivity index (χ2n) is 8.71. The van der Waals surface area contributed by atoms with Crippen LogP contribution in [0.25, 0.3) is 11.3 Å². The Balaban J connectivity index is 1.63. The number of unbranched alkanes of at least 4 members (excludes halogenated alkanes) is 3. The Morgan fingerprint density at radius 2 is 1.69 bits per heavy atom. The van der Waals surface area contributed by atoms with Crippen LogP contribution < -0.4 is 0 Å². The minimum atomic E-state index is -0.114. The second-order valence-corrected chi connectivity index (χ2v) is 8.71. The summed E-state index contributed by atoms with van der Waals surface area (Å²) >= 11 is 0. The lowest BCUT2D eigenvalue weighted by Gasteiger charge is -2.39. The highest BCUT2D eigenvalue weighted by Crippen LogP contribution is 2.43. The van der Waals surface area contributed by atoms with Crippen LogP contribution in [0.5, 0.6) is 0 Å². The molecule has 1 fully saturated rings. The quantitative estimate of drug-likeness (QED) is 0.403. The number of hydrogen-bond donors (Lipinski definition) is 0. The van der Waals surface area contributed by atoms with E-state index in [1.165, 1.54) is 56.9 Å². The molecule has 0 bridgehead atoms. The van der Waals surface area contributed by atoms with Gasteiger partial charge in [0.15, 0.2) is 0 Å². The summed E-state index contributed by atoms with van der Waals surface area (Å²) in [4.78, 5) is 9.30. The molecular weight excluding hydrogens is 356 g/mol. The Labute approximate surface area is 177 Å². The summed E-state index contributed by atoms with van der Waals surface area (Å²) in [5.74, 6) is 0.873. The highest BCUT2D eigenvalue weighted by molar-refractivity contribution is 5.58. The van der Waals surface area contributed by atoms with Crippen LogP contribution in [-0.4, -0.2) is 17.1 Å². The van der Waals surface area contributed by atoms with Crippen LogP contribution in [0, 0.1) is 5.92 Å².